The Morgan fingerprint density at radius 1 is 0.525 bits per heavy atom. The summed E-state index contributed by atoms with van der Waals surface area (Å²) in [5.74, 6) is 0. The molecular weight excluding hydrogens is 517 g/mol. The third kappa shape index (κ3) is 34.0. The van der Waals surface area contributed by atoms with Crippen LogP contribution in [-0.2, 0) is 13.6 Å². The Kier molecular flexibility index (Phi) is 28.8. The fourth-order valence-electron chi connectivity index (χ4n) is 5.10. The fourth-order valence-corrected chi connectivity index (χ4v) is 5.85. The second-order valence-electron chi connectivity index (χ2n) is 13.1. The van der Waals surface area contributed by atoms with Gasteiger partial charge in [0.1, 0.15) is 13.2 Å². The van der Waals surface area contributed by atoms with E-state index in [1.807, 2.05) is 27.2 Å². The largest absolute Gasteiger partial charge is 0.472 e. The molecule has 1 unspecified atom stereocenters. The smallest absolute Gasteiger partial charge is 0.329 e. The van der Waals surface area contributed by atoms with Gasteiger partial charge in [0.05, 0.1) is 27.7 Å². The normalized spacial score (nSPS) is 13.5. The predicted molar refractivity (Wildman–Crippen MR) is 175 cm³/mol. The molecule has 0 aromatic rings. The molecule has 0 amide bonds. The summed E-state index contributed by atoms with van der Waals surface area (Å²) in [6.07, 6.45) is 37.3. The summed E-state index contributed by atoms with van der Waals surface area (Å²) in [6.45, 7) is 5.00. The topological polar surface area (TPSA) is 55.8 Å². The summed E-state index contributed by atoms with van der Waals surface area (Å²) in [5, 5.41) is 0. The molecule has 0 heterocycles. The first kappa shape index (κ1) is 39.8. The van der Waals surface area contributed by atoms with Crippen LogP contribution in [0.15, 0.2) is 12.7 Å². The molecule has 0 radical (unpaired) electrons. The van der Waals surface area contributed by atoms with Gasteiger partial charge in [-0.2, -0.15) is 0 Å². The Balaban J connectivity index is 3.18. The second kappa shape index (κ2) is 28.9. The molecule has 0 aliphatic carbocycles. The number of phosphoric ester groups is 1. The van der Waals surface area contributed by atoms with Crippen molar-refractivity contribution in [1.29, 1.82) is 0 Å². The summed E-state index contributed by atoms with van der Waals surface area (Å²) in [5.41, 5.74) is 0. The van der Waals surface area contributed by atoms with Crippen molar-refractivity contribution in [2.75, 3.05) is 40.9 Å². The van der Waals surface area contributed by atoms with Gasteiger partial charge in [-0.05, 0) is 19.3 Å². The quantitative estimate of drug-likeness (QED) is 0.0358. The Morgan fingerprint density at radius 3 is 1.10 bits per heavy atom. The summed E-state index contributed by atoms with van der Waals surface area (Å²) in [4.78, 5) is 9.71. The lowest BCUT2D eigenvalue weighted by Gasteiger charge is -2.24. The standard InChI is InChI=1S/C34H70NO4P/c1-5-6-7-8-9-10-11-12-13-14-15-16-17-18-19-20-21-22-23-24-25-26-27-28-29-30-31-33-38-40(36,37)39-34-32-35(2,3)4/h5H,1,6-34H2,2-4H3/p+1. The Bertz CT molecular complexity index is 579. The Hall–Kier alpha value is -0.190. The lowest BCUT2D eigenvalue weighted by molar-refractivity contribution is -0.870. The van der Waals surface area contributed by atoms with Crippen molar-refractivity contribution in [2.24, 2.45) is 0 Å². The molecule has 0 saturated carbocycles. The summed E-state index contributed by atoms with van der Waals surface area (Å²) >= 11 is 0. The van der Waals surface area contributed by atoms with E-state index in [4.69, 9.17) is 9.05 Å². The Morgan fingerprint density at radius 2 is 0.800 bits per heavy atom. The maximum Gasteiger partial charge on any atom is 0.472 e. The predicted octanol–water partition coefficient (Wildman–Crippen LogP) is 11.2. The maximum absolute atomic E-state index is 11.8. The zero-order chi connectivity index (χ0) is 29.6. The van der Waals surface area contributed by atoms with Gasteiger partial charge < -0.3 is 9.38 Å². The molecule has 0 aliphatic heterocycles. The van der Waals surface area contributed by atoms with E-state index in [1.165, 1.54) is 154 Å². The minimum Gasteiger partial charge on any atom is -0.329 e. The highest BCUT2D eigenvalue weighted by molar-refractivity contribution is 7.47. The average molecular weight is 589 g/mol. The maximum atomic E-state index is 11.8. The minimum atomic E-state index is -3.89. The molecule has 240 valence electrons. The van der Waals surface area contributed by atoms with E-state index in [1.54, 1.807) is 0 Å². The van der Waals surface area contributed by atoms with Crippen molar-refractivity contribution in [1.82, 2.24) is 0 Å². The number of unbranched alkanes of at least 4 members (excludes halogenated alkanes) is 25. The first-order valence-corrected chi connectivity index (χ1v) is 18.8. The first-order chi connectivity index (χ1) is 19.3. The van der Waals surface area contributed by atoms with E-state index in [9.17, 15) is 9.46 Å². The monoisotopic (exact) mass is 589 g/mol. The van der Waals surface area contributed by atoms with Crippen LogP contribution in [0.5, 0.6) is 0 Å². The third-order valence-electron chi connectivity index (χ3n) is 7.82. The van der Waals surface area contributed by atoms with Crippen molar-refractivity contribution >= 4 is 7.82 Å². The van der Waals surface area contributed by atoms with Crippen LogP contribution < -0.4 is 0 Å². The van der Waals surface area contributed by atoms with Crippen LogP contribution in [0, 0.1) is 0 Å². The highest BCUT2D eigenvalue weighted by Crippen LogP contribution is 2.43. The molecule has 0 rings (SSSR count). The van der Waals surface area contributed by atoms with Crippen molar-refractivity contribution in [3.63, 3.8) is 0 Å². The van der Waals surface area contributed by atoms with E-state index in [0.29, 0.717) is 17.6 Å². The van der Waals surface area contributed by atoms with Gasteiger partial charge in [0, 0.05) is 0 Å². The molecule has 0 bridgehead atoms. The molecule has 0 spiro atoms. The summed E-state index contributed by atoms with van der Waals surface area (Å²) in [7, 11) is 2.17. The van der Waals surface area contributed by atoms with Crippen LogP contribution in [0.3, 0.4) is 0 Å². The van der Waals surface area contributed by atoms with Gasteiger partial charge in [0.15, 0.2) is 0 Å². The zero-order valence-corrected chi connectivity index (χ0v) is 28.3. The highest BCUT2D eigenvalue weighted by atomic mass is 31.2. The van der Waals surface area contributed by atoms with Crippen LogP contribution in [0.1, 0.15) is 167 Å². The van der Waals surface area contributed by atoms with Gasteiger partial charge in [-0.15, -0.1) is 6.58 Å². The third-order valence-corrected chi connectivity index (χ3v) is 8.84. The number of rotatable bonds is 33. The van der Waals surface area contributed by atoms with Crippen LogP contribution in [0.2, 0.25) is 0 Å². The van der Waals surface area contributed by atoms with E-state index in [0.717, 1.165) is 12.8 Å². The molecule has 1 N–H and O–H groups in total. The number of nitrogens with zero attached hydrogens (tertiary/aromatic N) is 1. The molecule has 40 heavy (non-hydrogen) atoms. The summed E-state index contributed by atoms with van der Waals surface area (Å²) in [6, 6.07) is 0. The number of phosphoric acid groups is 1. The lowest BCUT2D eigenvalue weighted by Crippen LogP contribution is -2.37. The van der Waals surface area contributed by atoms with Crippen LogP contribution in [-0.4, -0.2) is 50.3 Å². The highest BCUT2D eigenvalue weighted by Gasteiger charge is 2.21. The molecule has 0 fully saturated rings. The fraction of sp³-hybridized carbons (Fsp3) is 0.941. The summed E-state index contributed by atoms with van der Waals surface area (Å²) < 4.78 is 22.7. The van der Waals surface area contributed by atoms with Crippen molar-refractivity contribution < 1.29 is 23.0 Å². The molecule has 0 aliphatic rings. The van der Waals surface area contributed by atoms with Crippen molar-refractivity contribution in [3.8, 4) is 0 Å². The van der Waals surface area contributed by atoms with Crippen molar-refractivity contribution in [2.45, 2.75) is 167 Å². The van der Waals surface area contributed by atoms with Gasteiger partial charge >= 0.3 is 7.82 Å². The van der Waals surface area contributed by atoms with E-state index < -0.39 is 7.82 Å². The number of hydrogen-bond acceptors (Lipinski definition) is 3. The van der Waals surface area contributed by atoms with Gasteiger partial charge in [-0.1, -0.05) is 154 Å². The molecule has 0 aromatic heterocycles. The molecular formula is C34H71NO4P+. The molecule has 5 nitrogen and oxygen atoms in total. The minimum absolute atomic E-state index is 0.232. The van der Waals surface area contributed by atoms with Gasteiger partial charge in [0.2, 0.25) is 0 Å². The lowest BCUT2D eigenvalue weighted by atomic mass is 10.0. The molecule has 0 saturated heterocycles. The van der Waals surface area contributed by atoms with Gasteiger partial charge in [-0.25, -0.2) is 4.57 Å². The average Bonchev–Trinajstić information content (AvgIpc) is 2.89. The number of quaternary nitrogens is 1. The number of allylic oxidation sites excluding steroid dienone is 1. The molecule has 6 heteroatoms. The first-order valence-electron chi connectivity index (χ1n) is 17.3. The van der Waals surface area contributed by atoms with Crippen LogP contribution in [0.4, 0.5) is 0 Å². The van der Waals surface area contributed by atoms with Crippen LogP contribution in [0.25, 0.3) is 0 Å². The van der Waals surface area contributed by atoms with Crippen molar-refractivity contribution in [3.05, 3.63) is 12.7 Å². The SMILES string of the molecule is C=CCCCCCCCCCCCCCCCCCCCCCCCCCCCOP(=O)(O)OCC[N+](C)(C)C. The van der Waals surface area contributed by atoms with Gasteiger partial charge in [-0.3, -0.25) is 9.05 Å². The zero-order valence-electron chi connectivity index (χ0n) is 27.4. The number of likely N-dealkylation sites (N-methyl/N-ethyl adjacent to an activating group) is 1. The van der Waals surface area contributed by atoms with E-state index in [-0.39, 0.29) is 6.61 Å². The molecule has 0 aromatic carbocycles. The molecule has 1 atom stereocenters. The van der Waals surface area contributed by atoms with E-state index in [2.05, 4.69) is 6.58 Å². The van der Waals surface area contributed by atoms with Crippen LogP contribution >= 0.6 is 7.82 Å². The van der Waals surface area contributed by atoms with E-state index >= 15 is 0 Å². The number of hydrogen-bond donors (Lipinski definition) is 1. The van der Waals surface area contributed by atoms with Gasteiger partial charge in [0.25, 0.3) is 0 Å². The second-order valence-corrected chi connectivity index (χ2v) is 14.5. The Labute approximate surface area is 251 Å².